The van der Waals surface area contributed by atoms with Gasteiger partial charge in [0.1, 0.15) is 0 Å². The average molecular weight is 239 g/mol. The zero-order valence-electron chi connectivity index (χ0n) is 11.1. The van der Waals surface area contributed by atoms with E-state index in [1.807, 2.05) is 4.90 Å². The van der Waals surface area contributed by atoms with E-state index in [9.17, 15) is 4.79 Å². The molecule has 0 aromatic heterocycles. The number of carbonyl (C=O) groups excluding carboxylic acids is 1. The van der Waals surface area contributed by atoms with Crippen molar-refractivity contribution >= 4 is 5.91 Å². The largest absolute Gasteiger partial charge is 0.339 e. The van der Waals surface area contributed by atoms with Crippen LogP contribution in [-0.2, 0) is 4.79 Å². The Kier molecular flexibility index (Phi) is 4.05. The van der Waals surface area contributed by atoms with Crippen molar-refractivity contribution in [3.8, 4) is 0 Å². The fraction of sp³-hybridized carbons (Fsp3) is 0.923. The molecule has 1 amide bonds. The number of hydrogen-bond donors (Lipinski definition) is 2. The molecule has 0 saturated carbocycles. The Labute approximate surface area is 104 Å². The standard InChI is InChI=1S/C13H25N3O/c1-11-5-3-4-8-16(11)12(17)9-15-13(2)6-7-14-10-13/h11,14-15H,3-10H2,1-2H3. The molecule has 2 aliphatic heterocycles. The number of rotatable bonds is 3. The van der Waals surface area contributed by atoms with Crippen LogP contribution in [0.4, 0.5) is 0 Å². The molecule has 2 rings (SSSR count). The minimum Gasteiger partial charge on any atom is -0.339 e. The number of likely N-dealkylation sites (tertiary alicyclic amines) is 1. The summed E-state index contributed by atoms with van der Waals surface area (Å²) in [6.07, 6.45) is 4.69. The Morgan fingerprint density at radius 3 is 3.00 bits per heavy atom. The van der Waals surface area contributed by atoms with Crippen LogP contribution in [0.1, 0.15) is 39.5 Å². The number of nitrogens with one attached hydrogen (secondary N) is 2. The summed E-state index contributed by atoms with van der Waals surface area (Å²) in [5, 5.41) is 6.76. The fourth-order valence-corrected chi connectivity index (χ4v) is 2.83. The van der Waals surface area contributed by atoms with Crippen LogP contribution in [0.3, 0.4) is 0 Å². The molecule has 0 bridgehead atoms. The second-order valence-corrected chi connectivity index (χ2v) is 5.77. The molecule has 2 aliphatic rings. The molecule has 98 valence electrons. The van der Waals surface area contributed by atoms with E-state index in [-0.39, 0.29) is 11.4 Å². The number of piperidine rings is 1. The molecule has 4 nitrogen and oxygen atoms in total. The van der Waals surface area contributed by atoms with Crippen molar-refractivity contribution in [2.24, 2.45) is 0 Å². The Hall–Kier alpha value is -0.610. The van der Waals surface area contributed by atoms with Crippen LogP contribution in [0.25, 0.3) is 0 Å². The van der Waals surface area contributed by atoms with Crippen LogP contribution in [0.2, 0.25) is 0 Å². The van der Waals surface area contributed by atoms with Crippen molar-refractivity contribution in [3.63, 3.8) is 0 Å². The number of amides is 1. The molecular weight excluding hydrogens is 214 g/mol. The molecular formula is C13H25N3O. The lowest BCUT2D eigenvalue weighted by atomic mass is 10.0. The summed E-state index contributed by atoms with van der Waals surface area (Å²) in [4.78, 5) is 14.2. The summed E-state index contributed by atoms with van der Waals surface area (Å²) in [5.74, 6) is 0.269. The predicted molar refractivity (Wildman–Crippen MR) is 68.9 cm³/mol. The molecule has 0 spiro atoms. The monoisotopic (exact) mass is 239 g/mol. The van der Waals surface area contributed by atoms with E-state index in [2.05, 4.69) is 24.5 Å². The quantitative estimate of drug-likeness (QED) is 0.763. The Bertz CT molecular complexity index is 274. The summed E-state index contributed by atoms with van der Waals surface area (Å²) in [5.41, 5.74) is 0.106. The first-order valence-electron chi connectivity index (χ1n) is 6.86. The maximum atomic E-state index is 12.2. The maximum absolute atomic E-state index is 12.2. The van der Waals surface area contributed by atoms with Crippen molar-refractivity contribution in [3.05, 3.63) is 0 Å². The van der Waals surface area contributed by atoms with Crippen LogP contribution in [0, 0.1) is 0 Å². The molecule has 17 heavy (non-hydrogen) atoms. The molecule has 2 unspecified atom stereocenters. The molecule has 4 heteroatoms. The smallest absolute Gasteiger partial charge is 0.236 e. The molecule has 2 N–H and O–H groups in total. The summed E-state index contributed by atoms with van der Waals surface area (Å²) < 4.78 is 0. The van der Waals surface area contributed by atoms with E-state index in [4.69, 9.17) is 0 Å². The molecule has 2 saturated heterocycles. The second-order valence-electron chi connectivity index (χ2n) is 5.77. The van der Waals surface area contributed by atoms with Gasteiger partial charge in [0.25, 0.3) is 0 Å². The number of hydrogen-bond acceptors (Lipinski definition) is 3. The van der Waals surface area contributed by atoms with Gasteiger partial charge in [-0.25, -0.2) is 0 Å². The number of nitrogens with zero attached hydrogens (tertiary/aromatic N) is 1. The third kappa shape index (κ3) is 3.19. The van der Waals surface area contributed by atoms with E-state index in [0.717, 1.165) is 38.9 Å². The average Bonchev–Trinajstić information content (AvgIpc) is 2.74. The minimum absolute atomic E-state index is 0.106. The molecule has 0 aromatic rings. The van der Waals surface area contributed by atoms with Gasteiger partial charge in [-0.1, -0.05) is 0 Å². The first-order chi connectivity index (χ1) is 8.11. The molecule has 2 heterocycles. The summed E-state index contributed by atoms with van der Waals surface area (Å²) >= 11 is 0. The van der Waals surface area contributed by atoms with E-state index < -0.39 is 0 Å². The fourth-order valence-electron chi connectivity index (χ4n) is 2.83. The molecule has 2 fully saturated rings. The second kappa shape index (κ2) is 5.36. The van der Waals surface area contributed by atoms with Gasteiger partial charge in [0.2, 0.25) is 5.91 Å². The van der Waals surface area contributed by atoms with Crippen LogP contribution < -0.4 is 10.6 Å². The summed E-state index contributed by atoms with van der Waals surface area (Å²) in [6.45, 7) is 7.81. The van der Waals surface area contributed by atoms with Gasteiger partial charge in [-0.05, 0) is 46.1 Å². The predicted octanol–water partition coefficient (Wildman–Crippen LogP) is 0.729. The normalized spacial score (nSPS) is 34.0. The third-order valence-corrected chi connectivity index (χ3v) is 4.16. The zero-order valence-corrected chi connectivity index (χ0v) is 11.1. The van der Waals surface area contributed by atoms with Crippen molar-refractivity contribution in [2.45, 2.75) is 51.1 Å². The van der Waals surface area contributed by atoms with Crippen molar-refractivity contribution in [2.75, 3.05) is 26.2 Å². The Morgan fingerprint density at radius 1 is 1.53 bits per heavy atom. The zero-order chi connectivity index (χ0) is 12.3. The van der Waals surface area contributed by atoms with E-state index in [1.165, 1.54) is 6.42 Å². The van der Waals surface area contributed by atoms with Crippen molar-refractivity contribution < 1.29 is 4.79 Å². The van der Waals surface area contributed by atoms with Gasteiger partial charge in [0, 0.05) is 24.7 Å². The van der Waals surface area contributed by atoms with Crippen LogP contribution in [-0.4, -0.2) is 48.6 Å². The van der Waals surface area contributed by atoms with Gasteiger partial charge in [-0.2, -0.15) is 0 Å². The highest BCUT2D eigenvalue weighted by molar-refractivity contribution is 5.78. The Balaban J connectivity index is 1.80. The molecule has 0 aliphatic carbocycles. The summed E-state index contributed by atoms with van der Waals surface area (Å²) in [6, 6.07) is 0.424. The molecule has 0 radical (unpaired) electrons. The highest BCUT2D eigenvalue weighted by Crippen LogP contribution is 2.17. The lowest BCUT2D eigenvalue weighted by molar-refractivity contribution is -0.133. The van der Waals surface area contributed by atoms with Crippen molar-refractivity contribution in [1.29, 1.82) is 0 Å². The van der Waals surface area contributed by atoms with Crippen LogP contribution in [0.15, 0.2) is 0 Å². The highest BCUT2D eigenvalue weighted by atomic mass is 16.2. The first-order valence-corrected chi connectivity index (χ1v) is 6.86. The minimum atomic E-state index is 0.106. The topological polar surface area (TPSA) is 44.4 Å². The number of carbonyl (C=O) groups is 1. The van der Waals surface area contributed by atoms with Gasteiger partial charge in [-0.15, -0.1) is 0 Å². The Morgan fingerprint density at radius 2 is 2.35 bits per heavy atom. The van der Waals surface area contributed by atoms with Crippen LogP contribution >= 0.6 is 0 Å². The van der Waals surface area contributed by atoms with Gasteiger partial charge in [0.15, 0.2) is 0 Å². The molecule has 2 atom stereocenters. The van der Waals surface area contributed by atoms with E-state index in [1.54, 1.807) is 0 Å². The van der Waals surface area contributed by atoms with E-state index in [0.29, 0.717) is 12.6 Å². The van der Waals surface area contributed by atoms with E-state index >= 15 is 0 Å². The molecule has 0 aromatic carbocycles. The third-order valence-electron chi connectivity index (χ3n) is 4.16. The van der Waals surface area contributed by atoms with Gasteiger partial charge in [-0.3, -0.25) is 4.79 Å². The lowest BCUT2D eigenvalue weighted by Crippen LogP contribution is -2.51. The highest BCUT2D eigenvalue weighted by Gasteiger charge is 2.30. The van der Waals surface area contributed by atoms with Gasteiger partial charge in [0.05, 0.1) is 6.54 Å². The van der Waals surface area contributed by atoms with Gasteiger partial charge >= 0.3 is 0 Å². The van der Waals surface area contributed by atoms with Crippen LogP contribution in [0.5, 0.6) is 0 Å². The van der Waals surface area contributed by atoms with Gasteiger partial charge < -0.3 is 15.5 Å². The first kappa shape index (κ1) is 12.8. The maximum Gasteiger partial charge on any atom is 0.236 e. The lowest BCUT2D eigenvalue weighted by Gasteiger charge is -2.34. The van der Waals surface area contributed by atoms with Crippen molar-refractivity contribution in [1.82, 2.24) is 15.5 Å². The summed E-state index contributed by atoms with van der Waals surface area (Å²) in [7, 11) is 0. The SMILES string of the molecule is CC1CCCCN1C(=O)CNC1(C)CCNC1.